The standard InChI is InChI=1S/C26H25ClFN3O5/c1-4-5-7-17-21(22-18(34-2)8-6-9-19(22)35-3)24(32)23(25(33)29-17)26-31-30-20(36-26)12-14-10-11-15(27)13-16(14)28/h6,8-11,13H,4-5,7,12H2,1-3H3,(H2,29,32,33). The van der Waals surface area contributed by atoms with Crippen LogP contribution in [0.3, 0.4) is 0 Å². The summed E-state index contributed by atoms with van der Waals surface area (Å²) in [4.78, 5) is 4.37. The van der Waals surface area contributed by atoms with Gasteiger partial charge in [0.05, 0.1) is 37.5 Å². The number of halogens is 2. The molecule has 188 valence electrons. The van der Waals surface area contributed by atoms with Gasteiger partial charge in [-0.2, -0.15) is 0 Å². The summed E-state index contributed by atoms with van der Waals surface area (Å²) < 4.78 is 31.0. The Morgan fingerprint density at radius 2 is 1.72 bits per heavy atom. The van der Waals surface area contributed by atoms with E-state index in [0.717, 1.165) is 12.8 Å². The van der Waals surface area contributed by atoms with Gasteiger partial charge in [0, 0.05) is 5.02 Å². The number of aromatic hydroxyl groups is 2. The van der Waals surface area contributed by atoms with Crippen molar-refractivity contribution in [2.24, 2.45) is 0 Å². The van der Waals surface area contributed by atoms with Crippen LogP contribution in [0.1, 0.15) is 36.9 Å². The molecular formula is C26H25ClFN3O5. The van der Waals surface area contributed by atoms with E-state index in [1.165, 1.54) is 26.4 Å². The molecule has 2 N–H and O–H groups in total. The van der Waals surface area contributed by atoms with Gasteiger partial charge < -0.3 is 24.1 Å². The molecule has 0 amide bonds. The molecule has 4 rings (SSSR count). The third kappa shape index (κ3) is 4.92. The first-order chi connectivity index (χ1) is 17.4. The predicted molar refractivity (Wildman–Crippen MR) is 132 cm³/mol. The van der Waals surface area contributed by atoms with Crippen molar-refractivity contribution < 1.29 is 28.5 Å². The minimum Gasteiger partial charge on any atom is -0.506 e. The topological polar surface area (TPSA) is 111 Å². The van der Waals surface area contributed by atoms with E-state index in [-0.39, 0.29) is 34.5 Å². The molecule has 8 nitrogen and oxygen atoms in total. The Kier molecular flexibility index (Phi) is 7.59. The fourth-order valence-corrected chi connectivity index (χ4v) is 4.10. The third-order valence-electron chi connectivity index (χ3n) is 5.71. The zero-order chi connectivity index (χ0) is 25.8. The van der Waals surface area contributed by atoms with Gasteiger partial charge in [-0.15, -0.1) is 10.2 Å². The van der Waals surface area contributed by atoms with Crippen LogP contribution >= 0.6 is 11.6 Å². The Bertz CT molecular complexity index is 1370. The average Bonchev–Trinajstić information content (AvgIpc) is 3.32. The maximum absolute atomic E-state index is 14.2. The summed E-state index contributed by atoms with van der Waals surface area (Å²) in [6.07, 6.45) is 2.13. The molecule has 4 aromatic rings. The number of hydrogen-bond donors (Lipinski definition) is 2. The number of benzene rings is 2. The molecule has 0 aliphatic rings. The number of unbranched alkanes of at least 4 members (excludes halogenated alkanes) is 1. The summed E-state index contributed by atoms with van der Waals surface area (Å²) in [6.45, 7) is 2.03. The van der Waals surface area contributed by atoms with Gasteiger partial charge in [-0.1, -0.05) is 37.1 Å². The molecule has 0 aliphatic carbocycles. The van der Waals surface area contributed by atoms with Gasteiger partial charge in [0.2, 0.25) is 11.8 Å². The molecular weight excluding hydrogens is 489 g/mol. The highest BCUT2D eigenvalue weighted by atomic mass is 35.5. The van der Waals surface area contributed by atoms with Crippen LogP contribution in [-0.2, 0) is 12.8 Å². The van der Waals surface area contributed by atoms with E-state index >= 15 is 0 Å². The van der Waals surface area contributed by atoms with Crippen molar-refractivity contribution in [3.8, 4) is 45.7 Å². The SMILES string of the molecule is CCCCc1nc(O)c(-c2nnc(Cc3ccc(Cl)cc3F)o2)c(O)c1-c1c(OC)cccc1OC. The predicted octanol–water partition coefficient (Wildman–Crippen LogP) is 5.95. The summed E-state index contributed by atoms with van der Waals surface area (Å²) in [5.41, 5.74) is 1.42. The van der Waals surface area contributed by atoms with Crippen LogP contribution < -0.4 is 9.47 Å². The monoisotopic (exact) mass is 513 g/mol. The van der Waals surface area contributed by atoms with E-state index in [4.69, 9.17) is 25.5 Å². The number of rotatable bonds is 9. The average molecular weight is 514 g/mol. The van der Waals surface area contributed by atoms with Crippen molar-refractivity contribution in [3.05, 3.63) is 64.4 Å². The van der Waals surface area contributed by atoms with E-state index < -0.39 is 11.7 Å². The number of methoxy groups -OCH3 is 2. The Balaban J connectivity index is 1.85. The van der Waals surface area contributed by atoms with Gasteiger partial charge >= 0.3 is 0 Å². The molecule has 0 spiro atoms. The first kappa shape index (κ1) is 25.2. The van der Waals surface area contributed by atoms with E-state index in [2.05, 4.69) is 15.2 Å². The van der Waals surface area contributed by atoms with Gasteiger partial charge in [-0.25, -0.2) is 9.37 Å². The summed E-state index contributed by atoms with van der Waals surface area (Å²) in [5.74, 6) is -0.486. The molecule has 0 aliphatic heterocycles. The van der Waals surface area contributed by atoms with Crippen LogP contribution in [0, 0.1) is 5.82 Å². The molecule has 2 aromatic heterocycles. The Hall–Kier alpha value is -3.85. The van der Waals surface area contributed by atoms with Crippen LogP contribution in [0.15, 0.2) is 40.8 Å². The fourth-order valence-electron chi connectivity index (χ4n) is 3.94. The van der Waals surface area contributed by atoms with Gasteiger partial charge in [-0.05, 0) is 42.7 Å². The quantitative estimate of drug-likeness (QED) is 0.282. The van der Waals surface area contributed by atoms with Crippen LogP contribution in [0.5, 0.6) is 23.1 Å². The second kappa shape index (κ2) is 10.8. The summed E-state index contributed by atoms with van der Waals surface area (Å²) in [7, 11) is 3.02. The lowest BCUT2D eigenvalue weighted by Crippen LogP contribution is -2.01. The Morgan fingerprint density at radius 3 is 2.36 bits per heavy atom. The molecule has 0 saturated heterocycles. The highest BCUT2D eigenvalue weighted by Crippen LogP contribution is 2.49. The molecule has 2 heterocycles. The van der Waals surface area contributed by atoms with Gasteiger partial charge in [0.15, 0.2) is 0 Å². The lowest BCUT2D eigenvalue weighted by Gasteiger charge is -2.18. The van der Waals surface area contributed by atoms with Gasteiger partial charge in [0.1, 0.15) is 28.6 Å². The minimum absolute atomic E-state index is 0.00722. The van der Waals surface area contributed by atoms with Crippen LogP contribution in [0.25, 0.3) is 22.6 Å². The Morgan fingerprint density at radius 1 is 1.00 bits per heavy atom. The zero-order valence-corrected chi connectivity index (χ0v) is 20.8. The molecule has 0 atom stereocenters. The lowest BCUT2D eigenvalue weighted by atomic mass is 9.95. The molecule has 36 heavy (non-hydrogen) atoms. The maximum Gasteiger partial charge on any atom is 0.257 e. The minimum atomic E-state index is -0.513. The molecule has 0 saturated carbocycles. The number of aryl methyl sites for hydroxylation is 1. The largest absolute Gasteiger partial charge is 0.506 e. The smallest absolute Gasteiger partial charge is 0.257 e. The molecule has 0 bridgehead atoms. The van der Waals surface area contributed by atoms with E-state index in [9.17, 15) is 14.6 Å². The van der Waals surface area contributed by atoms with Crippen molar-refractivity contribution in [2.75, 3.05) is 14.2 Å². The van der Waals surface area contributed by atoms with Crippen molar-refractivity contribution in [2.45, 2.75) is 32.6 Å². The number of hydrogen-bond acceptors (Lipinski definition) is 8. The van der Waals surface area contributed by atoms with Crippen molar-refractivity contribution >= 4 is 11.6 Å². The van der Waals surface area contributed by atoms with Crippen molar-refractivity contribution in [3.63, 3.8) is 0 Å². The molecule has 10 heteroatoms. The van der Waals surface area contributed by atoms with Crippen LogP contribution in [0.4, 0.5) is 4.39 Å². The second-order valence-corrected chi connectivity index (χ2v) is 8.47. The van der Waals surface area contributed by atoms with Crippen molar-refractivity contribution in [1.82, 2.24) is 15.2 Å². The highest BCUT2D eigenvalue weighted by molar-refractivity contribution is 6.30. The number of pyridine rings is 1. The van der Waals surface area contributed by atoms with Crippen LogP contribution in [-0.4, -0.2) is 39.6 Å². The highest BCUT2D eigenvalue weighted by Gasteiger charge is 2.28. The zero-order valence-electron chi connectivity index (χ0n) is 20.0. The second-order valence-electron chi connectivity index (χ2n) is 8.04. The first-order valence-corrected chi connectivity index (χ1v) is 11.7. The number of aromatic nitrogens is 3. The van der Waals surface area contributed by atoms with Gasteiger partial charge in [-0.3, -0.25) is 0 Å². The maximum atomic E-state index is 14.2. The normalized spacial score (nSPS) is 11.0. The van der Waals surface area contributed by atoms with E-state index in [0.29, 0.717) is 40.3 Å². The Labute approximate surface area is 212 Å². The lowest BCUT2D eigenvalue weighted by molar-refractivity contribution is 0.395. The first-order valence-electron chi connectivity index (χ1n) is 11.3. The molecule has 0 radical (unpaired) electrons. The fraction of sp³-hybridized carbons (Fsp3) is 0.269. The molecule has 0 fully saturated rings. The van der Waals surface area contributed by atoms with E-state index in [1.807, 2.05) is 6.92 Å². The molecule has 0 unspecified atom stereocenters. The van der Waals surface area contributed by atoms with Crippen molar-refractivity contribution in [1.29, 1.82) is 0 Å². The number of ether oxygens (including phenoxy) is 2. The summed E-state index contributed by atoms with van der Waals surface area (Å²) in [5, 5.41) is 30.4. The molecule has 2 aromatic carbocycles. The van der Waals surface area contributed by atoms with Gasteiger partial charge in [0.25, 0.3) is 5.89 Å². The third-order valence-corrected chi connectivity index (χ3v) is 5.94. The number of nitrogens with zero attached hydrogens (tertiary/aromatic N) is 3. The summed E-state index contributed by atoms with van der Waals surface area (Å²) >= 11 is 5.82. The van der Waals surface area contributed by atoms with Crippen LogP contribution in [0.2, 0.25) is 5.02 Å². The summed E-state index contributed by atoms with van der Waals surface area (Å²) in [6, 6.07) is 9.50. The van der Waals surface area contributed by atoms with E-state index in [1.54, 1.807) is 24.3 Å².